The van der Waals surface area contributed by atoms with Gasteiger partial charge in [-0.25, -0.2) is 14.2 Å². The average molecular weight is 206 g/mol. The van der Waals surface area contributed by atoms with Crippen LogP contribution in [0.5, 0.6) is 5.75 Å². The first kappa shape index (κ1) is 10.9. The zero-order chi connectivity index (χ0) is 11.3. The Hall–Kier alpha value is -2.18. The number of hydrogen-bond acceptors (Lipinski definition) is 4. The van der Waals surface area contributed by atoms with E-state index in [1.54, 1.807) is 6.07 Å². The SMILES string of the molecule is COc1c(F)cc(CN=C=O)cc1C#N. The van der Waals surface area contributed by atoms with Gasteiger partial charge in [0.05, 0.1) is 19.2 Å². The van der Waals surface area contributed by atoms with E-state index < -0.39 is 5.82 Å². The zero-order valence-electron chi connectivity index (χ0n) is 7.95. The van der Waals surface area contributed by atoms with E-state index >= 15 is 0 Å². The number of isocyanates is 1. The van der Waals surface area contributed by atoms with Crippen molar-refractivity contribution in [3.05, 3.63) is 29.1 Å². The molecule has 0 radical (unpaired) electrons. The molecule has 0 N–H and O–H groups in total. The topological polar surface area (TPSA) is 62.4 Å². The van der Waals surface area contributed by atoms with E-state index in [0.717, 1.165) is 0 Å². The molecule has 76 valence electrons. The third-order valence-corrected chi connectivity index (χ3v) is 1.75. The number of halogens is 1. The maximum Gasteiger partial charge on any atom is 0.235 e. The Morgan fingerprint density at radius 2 is 2.33 bits per heavy atom. The molecule has 0 aliphatic heterocycles. The van der Waals surface area contributed by atoms with Crippen LogP contribution in [-0.4, -0.2) is 13.2 Å². The molecule has 0 aromatic heterocycles. The van der Waals surface area contributed by atoms with Crippen molar-refractivity contribution in [2.24, 2.45) is 4.99 Å². The number of carbonyl (C=O) groups excluding carboxylic acids is 1. The highest BCUT2D eigenvalue weighted by atomic mass is 19.1. The van der Waals surface area contributed by atoms with Crippen molar-refractivity contribution in [2.45, 2.75) is 6.54 Å². The lowest BCUT2D eigenvalue weighted by atomic mass is 10.1. The summed E-state index contributed by atoms with van der Waals surface area (Å²) in [5.74, 6) is -0.746. The minimum atomic E-state index is -0.646. The van der Waals surface area contributed by atoms with Crippen molar-refractivity contribution in [1.82, 2.24) is 0 Å². The first-order valence-corrected chi connectivity index (χ1v) is 4.03. The molecule has 0 heterocycles. The van der Waals surface area contributed by atoms with Crippen LogP contribution in [0.4, 0.5) is 4.39 Å². The number of rotatable bonds is 3. The van der Waals surface area contributed by atoms with Crippen LogP contribution in [0.2, 0.25) is 0 Å². The van der Waals surface area contributed by atoms with E-state index in [-0.39, 0.29) is 17.9 Å². The van der Waals surface area contributed by atoms with Gasteiger partial charge in [0.25, 0.3) is 0 Å². The second kappa shape index (κ2) is 4.89. The van der Waals surface area contributed by atoms with Crippen LogP contribution in [0.1, 0.15) is 11.1 Å². The summed E-state index contributed by atoms with van der Waals surface area (Å²) < 4.78 is 18.0. The van der Waals surface area contributed by atoms with Crippen LogP contribution in [0.15, 0.2) is 17.1 Å². The van der Waals surface area contributed by atoms with E-state index in [2.05, 4.69) is 4.99 Å². The molecule has 0 bridgehead atoms. The molecule has 4 nitrogen and oxygen atoms in total. The van der Waals surface area contributed by atoms with Gasteiger partial charge >= 0.3 is 0 Å². The summed E-state index contributed by atoms with van der Waals surface area (Å²) in [4.78, 5) is 13.2. The molecule has 1 aromatic rings. The fourth-order valence-corrected chi connectivity index (χ4v) is 1.15. The molecule has 1 aromatic carbocycles. The third-order valence-electron chi connectivity index (χ3n) is 1.75. The lowest BCUT2D eigenvalue weighted by molar-refractivity contribution is 0.385. The van der Waals surface area contributed by atoms with E-state index in [1.807, 2.05) is 0 Å². The van der Waals surface area contributed by atoms with Crippen LogP contribution >= 0.6 is 0 Å². The molecule has 0 fully saturated rings. The summed E-state index contributed by atoms with van der Waals surface area (Å²) in [5, 5.41) is 8.72. The van der Waals surface area contributed by atoms with Crippen molar-refractivity contribution in [1.29, 1.82) is 5.26 Å². The van der Waals surface area contributed by atoms with E-state index in [1.165, 1.54) is 25.3 Å². The quantitative estimate of drug-likeness (QED) is 0.556. The van der Waals surface area contributed by atoms with E-state index in [9.17, 15) is 9.18 Å². The maximum absolute atomic E-state index is 13.3. The van der Waals surface area contributed by atoms with Gasteiger partial charge in [-0.15, -0.1) is 0 Å². The molecule has 0 amide bonds. The summed E-state index contributed by atoms with van der Waals surface area (Å²) in [6, 6.07) is 4.39. The highest BCUT2D eigenvalue weighted by Crippen LogP contribution is 2.23. The lowest BCUT2D eigenvalue weighted by Crippen LogP contribution is -1.95. The molecular weight excluding hydrogens is 199 g/mol. The summed E-state index contributed by atoms with van der Waals surface area (Å²) in [6.45, 7) is -0.000899. The minimum Gasteiger partial charge on any atom is -0.492 e. The second-order valence-electron chi connectivity index (χ2n) is 2.68. The first-order valence-electron chi connectivity index (χ1n) is 4.03. The van der Waals surface area contributed by atoms with Crippen molar-refractivity contribution >= 4 is 6.08 Å². The third kappa shape index (κ3) is 2.39. The Bertz CT molecular complexity index is 459. The van der Waals surface area contributed by atoms with Crippen LogP contribution in [0.3, 0.4) is 0 Å². The molecule has 0 atom stereocenters. The Morgan fingerprint density at radius 3 is 2.87 bits per heavy atom. The van der Waals surface area contributed by atoms with Gasteiger partial charge in [0.15, 0.2) is 11.6 Å². The fourth-order valence-electron chi connectivity index (χ4n) is 1.15. The molecule has 0 saturated heterocycles. The van der Waals surface area contributed by atoms with E-state index in [4.69, 9.17) is 10.00 Å². The Balaban J connectivity index is 3.20. The van der Waals surface area contributed by atoms with Crippen molar-refractivity contribution in [2.75, 3.05) is 7.11 Å². The van der Waals surface area contributed by atoms with Gasteiger partial charge in [0.2, 0.25) is 6.08 Å². The van der Waals surface area contributed by atoms with Gasteiger partial charge in [-0.3, -0.25) is 0 Å². The Morgan fingerprint density at radius 1 is 1.60 bits per heavy atom. The molecule has 0 unspecified atom stereocenters. The molecule has 5 heteroatoms. The molecular formula is C10H7FN2O2. The number of benzene rings is 1. The number of methoxy groups -OCH3 is 1. The molecule has 0 saturated carbocycles. The van der Waals surface area contributed by atoms with E-state index in [0.29, 0.717) is 5.56 Å². The maximum atomic E-state index is 13.3. The predicted molar refractivity (Wildman–Crippen MR) is 49.5 cm³/mol. The summed E-state index contributed by atoms with van der Waals surface area (Å²) in [7, 11) is 1.28. The molecule has 0 aliphatic rings. The summed E-state index contributed by atoms with van der Waals surface area (Å²) >= 11 is 0. The lowest BCUT2D eigenvalue weighted by Gasteiger charge is -2.05. The van der Waals surface area contributed by atoms with Gasteiger partial charge in [0.1, 0.15) is 6.07 Å². The largest absolute Gasteiger partial charge is 0.492 e. The predicted octanol–water partition coefficient (Wildman–Crippen LogP) is 1.54. The number of aliphatic imine (C=N–C) groups is 1. The number of nitrogens with zero attached hydrogens (tertiary/aromatic N) is 2. The van der Waals surface area contributed by atoms with Crippen LogP contribution in [0.25, 0.3) is 0 Å². The van der Waals surface area contributed by atoms with Crippen molar-refractivity contribution < 1.29 is 13.9 Å². The first-order chi connectivity index (χ1) is 7.22. The van der Waals surface area contributed by atoms with Gasteiger partial charge in [-0.1, -0.05) is 0 Å². The normalized spacial score (nSPS) is 8.87. The van der Waals surface area contributed by atoms with Crippen LogP contribution < -0.4 is 4.74 Å². The second-order valence-corrected chi connectivity index (χ2v) is 2.68. The van der Waals surface area contributed by atoms with Gasteiger partial charge in [-0.05, 0) is 17.7 Å². The molecule has 0 spiro atoms. The van der Waals surface area contributed by atoms with Gasteiger partial charge < -0.3 is 4.74 Å². The van der Waals surface area contributed by atoms with Gasteiger partial charge in [-0.2, -0.15) is 5.26 Å². The number of nitriles is 1. The smallest absolute Gasteiger partial charge is 0.235 e. The Kier molecular flexibility index (Phi) is 3.55. The highest BCUT2D eigenvalue weighted by Gasteiger charge is 2.10. The summed E-state index contributed by atoms with van der Waals surface area (Å²) in [6.07, 6.45) is 1.34. The standard InChI is InChI=1S/C10H7FN2O2/c1-15-10-8(4-12)2-7(3-9(10)11)5-13-6-14/h2-3H,5H2,1H3. The monoisotopic (exact) mass is 206 g/mol. The Labute approximate surface area is 85.6 Å². The molecule has 15 heavy (non-hydrogen) atoms. The van der Waals surface area contributed by atoms with Crippen LogP contribution in [-0.2, 0) is 11.3 Å². The highest BCUT2D eigenvalue weighted by molar-refractivity contribution is 5.46. The van der Waals surface area contributed by atoms with Crippen LogP contribution in [0, 0.1) is 17.1 Å². The van der Waals surface area contributed by atoms with Crippen molar-refractivity contribution in [3.63, 3.8) is 0 Å². The number of ether oxygens (including phenoxy) is 1. The summed E-state index contributed by atoms with van der Waals surface area (Å²) in [5.41, 5.74) is 0.502. The zero-order valence-corrected chi connectivity index (χ0v) is 7.95. The van der Waals surface area contributed by atoms with Gasteiger partial charge in [0, 0.05) is 0 Å². The number of hydrogen-bond donors (Lipinski definition) is 0. The molecule has 1 rings (SSSR count). The van der Waals surface area contributed by atoms with Crippen molar-refractivity contribution in [3.8, 4) is 11.8 Å². The molecule has 0 aliphatic carbocycles. The fraction of sp³-hybridized carbons (Fsp3) is 0.200. The minimum absolute atomic E-state index is 0.000899. The average Bonchev–Trinajstić information content (AvgIpc) is 2.25.